The second kappa shape index (κ2) is 6.31. The minimum absolute atomic E-state index is 0.00221. The van der Waals surface area contributed by atoms with Crippen molar-refractivity contribution in [1.29, 1.82) is 0 Å². The number of hydrogen-bond donors (Lipinski definition) is 0. The van der Waals surface area contributed by atoms with Crippen LogP contribution >= 0.6 is 0 Å². The summed E-state index contributed by atoms with van der Waals surface area (Å²) in [5.41, 5.74) is 2.20. The number of amides is 1. The van der Waals surface area contributed by atoms with E-state index in [0.717, 1.165) is 12.1 Å². The summed E-state index contributed by atoms with van der Waals surface area (Å²) >= 11 is 0. The standard InChI is InChI=1S/C20H21NO4/c1-3-17(25-15-8-9-18-19(11-15)24-12-23-18)20(22)21-13(2)10-14-6-4-5-7-16(14)21/h4-9,11,13,17H,3,10,12H2,1-2H3. The fourth-order valence-corrected chi connectivity index (χ4v) is 3.48. The molecule has 130 valence electrons. The van der Waals surface area contributed by atoms with E-state index in [1.54, 1.807) is 6.07 Å². The number of nitrogens with zero attached hydrogens (tertiary/aromatic N) is 1. The maximum Gasteiger partial charge on any atom is 0.268 e. The Labute approximate surface area is 147 Å². The molecule has 4 rings (SSSR count). The van der Waals surface area contributed by atoms with E-state index >= 15 is 0 Å². The van der Waals surface area contributed by atoms with Gasteiger partial charge in [-0.15, -0.1) is 0 Å². The van der Waals surface area contributed by atoms with Crippen molar-refractivity contribution >= 4 is 11.6 Å². The Kier molecular flexibility index (Phi) is 3.99. The van der Waals surface area contributed by atoms with Crippen LogP contribution < -0.4 is 19.1 Å². The number of fused-ring (bicyclic) bond motifs is 2. The molecule has 2 aliphatic rings. The van der Waals surface area contributed by atoms with E-state index in [1.807, 2.05) is 42.2 Å². The smallest absolute Gasteiger partial charge is 0.268 e. The second-order valence-corrected chi connectivity index (χ2v) is 6.42. The van der Waals surface area contributed by atoms with Gasteiger partial charge in [0.05, 0.1) is 0 Å². The first-order valence-electron chi connectivity index (χ1n) is 8.64. The summed E-state index contributed by atoms with van der Waals surface area (Å²) in [4.78, 5) is 15.0. The van der Waals surface area contributed by atoms with Crippen LogP contribution in [-0.2, 0) is 11.2 Å². The van der Waals surface area contributed by atoms with Gasteiger partial charge in [0.15, 0.2) is 17.6 Å². The van der Waals surface area contributed by atoms with Crippen LogP contribution in [0.25, 0.3) is 0 Å². The summed E-state index contributed by atoms with van der Waals surface area (Å²) in [6.07, 6.45) is 0.940. The zero-order valence-corrected chi connectivity index (χ0v) is 14.4. The van der Waals surface area contributed by atoms with Crippen LogP contribution in [0.2, 0.25) is 0 Å². The van der Waals surface area contributed by atoms with E-state index in [2.05, 4.69) is 13.0 Å². The topological polar surface area (TPSA) is 48.0 Å². The van der Waals surface area contributed by atoms with Gasteiger partial charge in [0.1, 0.15) is 5.75 Å². The van der Waals surface area contributed by atoms with Crippen LogP contribution in [-0.4, -0.2) is 24.8 Å². The molecule has 0 N–H and O–H groups in total. The van der Waals surface area contributed by atoms with Crippen LogP contribution in [0.15, 0.2) is 42.5 Å². The zero-order chi connectivity index (χ0) is 17.4. The molecule has 2 unspecified atom stereocenters. The fraction of sp³-hybridized carbons (Fsp3) is 0.350. The highest BCUT2D eigenvalue weighted by Gasteiger charge is 2.35. The van der Waals surface area contributed by atoms with Crippen molar-refractivity contribution in [1.82, 2.24) is 0 Å². The molecule has 2 aromatic carbocycles. The Morgan fingerprint density at radius 2 is 2.04 bits per heavy atom. The molecule has 0 aromatic heterocycles. The minimum Gasteiger partial charge on any atom is -0.480 e. The first-order valence-corrected chi connectivity index (χ1v) is 8.64. The molecule has 0 radical (unpaired) electrons. The maximum atomic E-state index is 13.1. The van der Waals surface area contributed by atoms with E-state index in [9.17, 15) is 4.79 Å². The van der Waals surface area contributed by atoms with Crippen LogP contribution in [0.3, 0.4) is 0 Å². The van der Waals surface area contributed by atoms with Gasteiger partial charge in [0.2, 0.25) is 6.79 Å². The van der Waals surface area contributed by atoms with E-state index in [-0.39, 0.29) is 18.7 Å². The third-order valence-corrected chi connectivity index (χ3v) is 4.71. The number of benzene rings is 2. The predicted molar refractivity (Wildman–Crippen MR) is 94.4 cm³/mol. The Morgan fingerprint density at radius 3 is 2.88 bits per heavy atom. The Bertz CT molecular complexity index is 804. The normalized spacial score (nSPS) is 18.8. The van der Waals surface area contributed by atoms with Crippen molar-refractivity contribution in [3.05, 3.63) is 48.0 Å². The molecule has 2 atom stereocenters. The van der Waals surface area contributed by atoms with Gasteiger partial charge in [-0.3, -0.25) is 4.79 Å². The lowest BCUT2D eigenvalue weighted by Crippen LogP contribution is -2.44. The van der Waals surface area contributed by atoms with E-state index in [4.69, 9.17) is 14.2 Å². The van der Waals surface area contributed by atoms with Crippen LogP contribution in [0.1, 0.15) is 25.8 Å². The molecule has 2 aliphatic heterocycles. The quantitative estimate of drug-likeness (QED) is 0.855. The number of ether oxygens (including phenoxy) is 3. The lowest BCUT2D eigenvalue weighted by atomic mass is 10.1. The van der Waals surface area contributed by atoms with Crippen LogP contribution in [0.4, 0.5) is 5.69 Å². The number of carbonyl (C=O) groups excluding carboxylic acids is 1. The van der Waals surface area contributed by atoms with Crippen molar-refractivity contribution in [3.63, 3.8) is 0 Å². The molecule has 0 saturated carbocycles. The molecule has 25 heavy (non-hydrogen) atoms. The number of para-hydroxylation sites is 1. The summed E-state index contributed by atoms with van der Waals surface area (Å²) in [7, 11) is 0. The molecule has 2 aromatic rings. The maximum absolute atomic E-state index is 13.1. The molecule has 0 bridgehead atoms. The molecule has 0 fully saturated rings. The van der Waals surface area contributed by atoms with Crippen LogP contribution in [0.5, 0.6) is 17.2 Å². The highest BCUT2D eigenvalue weighted by atomic mass is 16.7. The molecule has 2 heterocycles. The van der Waals surface area contributed by atoms with Gasteiger partial charge in [-0.05, 0) is 43.5 Å². The molecular weight excluding hydrogens is 318 g/mol. The number of rotatable bonds is 4. The lowest BCUT2D eigenvalue weighted by molar-refractivity contribution is -0.125. The fourth-order valence-electron chi connectivity index (χ4n) is 3.48. The van der Waals surface area contributed by atoms with Crippen molar-refractivity contribution in [2.24, 2.45) is 0 Å². The zero-order valence-electron chi connectivity index (χ0n) is 14.4. The minimum atomic E-state index is -0.533. The van der Waals surface area contributed by atoms with Gasteiger partial charge >= 0.3 is 0 Å². The van der Waals surface area contributed by atoms with Crippen molar-refractivity contribution in [2.45, 2.75) is 38.8 Å². The third kappa shape index (κ3) is 2.80. The van der Waals surface area contributed by atoms with Gasteiger partial charge in [-0.2, -0.15) is 0 Å². The second-order valence-electron chi connectivity index (χ2n) is 6.42. The van der Waals surface area contributed by atoms with Crippen molar-refractivity contribution < 1.29 is 19.0 Å². The van der Waals surface area contributed by atoms with Gasteiger partial charge in [0.25, 0.3) is 5.91 Å². The van der Waals surface area contributed by atoms with Gasteiger partial charge in [-0.25, -0.2) is 0 Å². The highest BCUT2D eigenvalue weighted by Crippen LogP contribution is 2.36. The summed E-state index contributed by atoms with van der Waals surface area (Å²) in [5.74, 6) is 1.97. The largest absolute Gasteiger partial charge is 0.480 e. The van der Waals surface area contributed by atoms with E-state index < -0.39 is 6.10 Å². The molecule has 1 amide bonds. The van der Waals surface area contributed by atoms with Crippen molar-refractivity contribution in [3.8, 4) is 17.2 Å². The van der Waals surface area contributed by atoms with Crippen LogP contribution in [0, 0.1) is 0 Å². The molecule has 5 heteroatoms. The number of carbonyl (C=O) groups is 1. The molecule has 5 nitrogen and oxygen atoms in total. The average molecular weight is 339 g/mol. The SMILES string of the molecule is CCC(Oc1ccc2c(c1)OCO2)C(=O)N1c2ccccc2CC1C. The third-order valence-electron chi connectivity index (χ3n) is 4.71. The number of anilines is 1. The first kappa shape index (κ1) is 15.8. The molecule has 0 spiro atoms. The first-order chi connectivity index (χ1) is 12.2. The van der Waals surface area contributed by atoms with E-state index in [0.29, 0.717) is 23.7 Å². The predicted octanol–water partition coefficient (Wildman–Crippen LogP) is 3.55. The summed E-state index contributed by atoms with van der Waals surface area (Å²) in [6, 6.07) is 13.6. The Morgan fingerprint density at radius 1 is 1.24 bits per heavy atom. The molecular formula is C20H21NO4. The average Bonchev–Trinajstić information content (AvgIpc) is 3.21. The molecule has 0 saturated heterocycles. The Balaban J connectivity index is 1.56. The highest BCUT2D eigenvalue weighted by molar-refractivity contribution is 5.99. The summed E-state index contributed by atoms with van der Waals surface area (Å²) < 4.78 is 16.7. The van der Waals surface area contributed by atoms with Gasteiger partial charge < -0.3 is 19.1 Å². The number of hydrogen-bond acceptors (Lipinski definition) is 4. The van der Waals surface area contributed by atoms with E-state index in [1.165, 1.54) is 5.56 Å². The lowest BCUT2D eigenvalue weighted by Gasteiger charge is -2.27. The summed E-state index contributed by atoms with van der Waals surface area (Å²) in [6.45, 7) is 4.25. The summed E-state index contributed by atoms with van der Waals surface area (Å²) in [5, 5.41) is 0. The monoisotopic (exact) mass is 339 g/mol. The molecule has 0 aliphatic carbocycles. The van der Waals surface area contributed by atoms with Crippen molar-refractivity contribution in [2.75, 3.05) is 11.7 Å². The Hall–Kier alpha value is -2.69. The van der Waals surface area contributed by atoms with Gasteiger partial charge in [0, 0.05) is 17.8 Å². The van der Waals surface area contributed by atoms with Gasteiger partial charge in [-0.1, -0.05) is 25.1 Å².